The van der Waals surface area contributed by atoms with Gasteiger partial charge in [0.05, 0.1) is 5.57 Å². The predicted octanol–water partition coefficient (Wildman–Crippen LogP) is 3.10. The highest BCUT2D eigenvalue weighted by Gasteiger charge is 2.21. The smallest absolute Gasteiger partial charge is 0.253 e. The van der Waals surface area contributed by atoms with Crippen molar-refractivity contribution >= 4 is 29.4 Å². The Kier molecular flexibility index (Phi) is 8.52. The Labute approximate surface area is 187 Å². The van der Waals surface area contributed by atoms with Crippen molar-refractivity contribution in [1.82, 2.24) is 10.0 Å². The number of primary amides is 1. The number of hydrogen-bond acceptors (Lipinski definition) is 6. The highest BCUT2D eigenvalue weighted by atomic mass is 32.2. The molecular weight excluding hydrogens is 408 g/mol. The number of anilines is 1. The van der Waals surface area contributed by atoms with E-state index in [1.807, 2.05) is 42.5 Å². The minimum Gasteiger partial charge on any atom is -0.386 e. The lowest BCUT2D eigenvalue weighted by Gasteiger charge is -2.29. The van der Waals surface area contributed by atoms with Gasteiger partial charge in [-0.05, 0) is 54.6 Å². The SMILES string of the molecule is N=C(Nc1ccc(SNCc2ccccc2)cc1)/C(=C\NC1CCCCC1N)C(N)=O. The first-order valence-electron chi connectivity index (χ1n) is 10.4. The quantitative estimate of drug-likeness (QED) is 0.154. The molecule has 0 spiro atoms. The molecule has 1 aliphatic carbocycles. The van der Waals surface area contributed by atoms with Crippen molar-refractivity contribution in [3.63, 3.8) is 0 Å². The number of nitrogens with two attached hydrogens (primary N) is 2. The van der Waals surface area contributed by atoms with E-state index in [0.717, 1.165) is 37.1 Å². The second-order valence-electron chi connectivity index (χ2n) is 7.58. The minimum absolute atomic E-state index is 0.0433. The molecule has 2 atom stereocenters. The fourth-order valence-electron chi connectivity index (χ4n) is 3.44. The molecule has 2 aromatic rings. The summed E-state index contributed by atoms with van der Waals surface area (Å²) in [6, 6.07) is 18.0. The van der Waals surface area contributed by atoms with Crippen LogP contribution in [0.2, 0.25) is 0 Å². The zero-order valence-corrected chi connectivity index (χ0v) is 18.3. The third-order valence-corrected chi connectivity index (χ3v) is 6.03. The fourth-order valence-corrected chi connectivity index (χ4v) is 4.12. The van der Waals surface area contributed by atoms with Crippen LogP contribution in [0.15, 0.2) is 71.3 Å². The van der Waals surface area contributed by atoms with Gasteiger partial charge in [0.2, 0.25) is 0 Å². The molecule has 2 unspecified atom stereocenters. The van der Waals surface area contributed by atoms with Crippen molar-refractivity contribution in [2.75, 3.05) is 5.32 Å². The lowest BCUT2D eigenvalue weighted by molar-refractivity contribution is -0.114. The van der Waals surface area contributed by atoms with Crippen LogP contribution in [-0.2, 0) is 11.3 Å². The largest absolute Gasteiger partial charge is 0.386 e. The van der Waals surface area contributed by atoms with Gasteiger partial charge in [0.25, 0.3) is 5.91 Å². The monoisotopic (exact) mass is 438 g/mol. The summed E-state index contributed by atoms with van der Waals surface area (Å²) in [5.74, 6) is -0.710. The summed E-state index contributed by atoms with van der Waals surface area (Å²) in [6.07, 6.45) is 5.65. The van der Waals surface area contributed by atoms with E-state index in [0.29, 0.717) is 5.69 Å². The van der Waals surface area contributed by atoms with Crippen LogP contribution in [0.25, 0.3) is 0 Å². The average molecular weight is 439 g/mol. The molecule has 0 heterocycles. The average Bonchev–Trinajstić information content (AvgIpc) is 2.77. The molecule has 0 aromatic heterocycles. The Bertz CT molecular complexity index is 900. The minimum atomic E-state index is -0.660. The molecule has 1 fully saturated rings. The summed E-state index contributed by atoms with van der Waals surface area (Å²) in [7, 11) is 0. The Morgan fingerprint density at radius 2 is 1.81 bits per heavy atom. The Morgan fingerprint density at radius 1 is 1.10 bits per heavy atom. The zero-order chi connectivity index (χ0) is 22.1. The zero-order valence-electron chi connectivity index (χ0n) is 17.4. The van der Waals surface area contributed by atoms with E-state index >= 15 is 0 Å². The third kappa shape index (κ3) is 7.13. The Morgan fingerprint density at radius 3 is 2.48 bits per heavy atom. The number of amides is 1. The molecule has 0 radical (unpaired) electrons. The topological polar surface area (TPSA) is 129 Å². The first kappa shape index (κ1) is 22.9. The van der Waals surface area contributed by atoms with Gasteiger partial charge in [0.1, 0.15) is 5.84 Å². The molecular formula is C23H30N6OS. The fraction of sp³-hybridized carbons (Fsp3) is 0.304. The van der Waals surface area contributed by atoms with Crippen LogP contribution in [-0.4, -0.2) is 23.8 Å². The van der Waals surface area contributed by atoms with Gasteiger partial charge in [-0.2, -0.15) is 0 Å². The van der Waals surface area contributed by atoms with E-state index in [2.05, 4.69) is 27.5 Å². The highest BCUT2D eigenvalue weighted by molar-refractivity contribution is 7.97. The number of amidine groups is 1. The molecule has 1 saturated carbocycles. The van der Waals surface area contributed by atoms with Gasteiger partial charge in [-0.25, -0.2) is 0 Å². The molecule has 2 aromatic carbocycles. The van der Waals surface area contributed by atoms with E-state index < -0.39 is 5.91 Å². The summed E-state index contributed by atoms with van der Waals surface area (Å²) in [5.41, 5.74) is 13.7. The van der Waals surface area contributed by atoms with E-state index in [4.69, 9.17) is 16.9 Å². The number of nitrogens with one attached hydrogen (secondary N) is 4. The van der Waals surface area contributed by atoms with Crippen molar-refractivity contribution in [1.29, 1.82) is 5.41 Å². The highest BCUT2D eigenvalue weighted by Crippen LogP contribution is 2.19. The molecule has 1 amide bonds. The predicted molar refractivity (Wildman–Crippen MR) is 128 cm³/mol. The lowest BCUT2D eigenvalue weighted by atomic mass is 9.91. The molecule has 31 heavy (non-hydrogen) atoms. The van der Waals surface area contributed by atoms with E-state index in [1.54, 1.807) is 0 Å². The second kappa shape index (κ2) is 11.5. The lowest BCUT2D eigenvalue weighted by Crippen LogP contribution is -2.45. The van der Waals surface area contributed by atoms with Crippen molar-refractivity contribution in [3.05, 3.63) is 71.9 Å². The van der Waals surface area contributed by atoms with Crippen LogP contribution in [0.3, 0.4) is 0 Å². The van der Waals surface area contributed by atoms with Gasteiger partial charge in [-0.15, -0.1) is 0 Å². The van der Waals surface area contributed by atoms with Gasteiger partial charge in [0, 0.05) is 35.4 Å². The van der Waals surface area contributed by atoms with E-state index in [9.17, 15) is 4.79 Å². The molecule has 7 nitrogen and oxygen atoms in total. The first-order chi connectivity index (χ1) is 15.0. The van der Waals surface area contributed by atoms with Gasteiger partial charge < -0.3 is 22.1 Å². The van der Waals surface area contributed by atoms with Crippen LogP contribution >= 0.6 is 11.9 Å². The number of carbonyl (C=O) groups excluding carboxylic acids is 1. The molecule has 164 valence electrons. The molecule has 0 saturated heterocycles. The summed E-state index contributed by atoms with van der Waals surface area (Å²) < 4.78 is 3.33. The Hall–Kier alpha value is -2.81. The maximum Gasteiger partial charge on any atom is 0.253 e. The number of rotatable bonds is 9. The Balaban J connectivity index is 1.52. The first-order valence-corrected chi connectivity index (χ1v) is 11.3. The van der Waals surface area contributed by atoms with E-state index in [1.165, 1.54) is 23.7 Å². The molecule has 0 aliphatic heterocycles. The summed E-state index contributed by atoms with van der Waals surface area (Å²) >= 11 is 1.54. The van der Waals surface area contributed by atoms with Crippen LogP contribution in [0.4, 0.5) is 5.69 Å². The van der Waals surface area contributed by atoms with Gasteiger partial charge in [0.15, 0.2) is 0 Å². The molecule has 8 N–H and O–H groups in total. The van der Waals surface area contributed by atoms with Crippen molar-refractivity contribution in [2.24, 2.45) is 11.5 Å². The van der Waals surface area contributed by atoms with Crippen LogP contribution in [0.5, 0.6) is 0 Å². The van der Waals surface area contributed by atoms with Crippen molar-refractivity contribution < 1.29 is 4.79 Å². The van der Waals surface area contributed by atoms with Crippen molar-refractivity contribution in [2.45, 2.75) is 49.2 Å². The maximum absolute atomic E-state index is 11.9. The van der Waals surface area contributed by atoms with Crippen LogP contribution in [0, 0.1) is 5.41 Å². The standard InChI is InChI=1S/C23H30N6OS/c24-20-8-4-5-9-21(20)27-15-19(23(26)30)22(25)29-17-10-12-18(13-11-17)31-28-14-16-6-2-1-3-7-16/h1-3,6-7,10-13,15,20-21,27-28H,4-5,8-9,14,24H2,(H2,25,29)(H2,26,30)/b19-15+. The molecule has 0 bridgehead atoms. The van der Waals surface area contributed by atoms with Gasteiger partial charge in [-0.3, -0.25) is 14.9 Å². The van der Waals surface area contributed by atoms with Gasteiger partial charge >= 0.3 is 0 Å². The maximum atomic E-state index is 11.9. The summed E-state index contributed by atoms with van der Waals surface area (Å²) in [6.45, 7) is 0.764. The summed E-state index contributed by atoms with van der Waals surface area (Å²) in [5, 5.41) is 14.4. The van der Waals surface area contributed by atoms with Crippen LogP contribution < -0.4 is 26.8 Å². The number of hydrogen-bond donors (Lipinski definition) is 6. The third-order valence-electron chi connectivity index (χ3n) is 5.23. The van der Waals surface area contributed by atoms with Gasteiger partial charge in [-0.1, -0.05) is 43.2 Å². The second-order valence-corrected chi connectivity index (χ2v) is 8.54. The van der Waals surface area contributed by atoms with Crippen LogP contribution in [0.1, 0.15) is 31.2 Å². The number of carbonyl (C=O) groups is 1. The normalized spacial score (nSPS) is 18.9. The molecule has 3 rings (SSSR count). The molecule has 1 aliphatic rings. The summed E-state index contributed by atoms with van der Waals surface area (Å²) in [4.78, 5) is 12.9. The molecule has 8 heteroatoms. The number of benzene rings is 2. The van der Waals surface area contributed by atoms with Crippen molar-refractivity contribution in [3.8, 4) is 0 Å². The van der Waals surface area contributed by atoms with E-state index in [-0.39, 0.29) is 23.5 Å².